The number of aromatic nitrogens is 4. The molecule has 4 aromatic rings. The van der Waals surface area contributed by atoms with Crippen LogP contribution in [0, 0.1) is 5.95 Å². The number of carbonyl (C=O) groups excluding carboxylic acids is 2. The van der Waals surface area contributed by atoms with E-state index in [2.05, 4.69) is 25.7 Å². The lowest BCUT2D eigenvalue weighted by atomic mass is 10.1. The van der Waals surface area contributed by atoms with E-state index in [1.165, 1.54) is 15.8 Å². The first-order valence-electron chi connectivity index (χ1n) is 12.0. The number of amides is 3. The molecule has 2 aromatic heterocycles. The van der Waals surface area contributed by atoms with E-state index in [9.17, 15) is 18.4 Å². The van der Waals surface area contributed by atoms with Crippen LogP contribution < -0.4 is 15.5 Å². The Labute approximate surface area is 222 Å². The molecule has 0 fully saturated rings. The molecule has 2 aromatic carbocycles. The second-order valence-electron chi connectivity index (χ2n) is 8.73. The fourth-order valence-corrected chi connectivity index (χ4v) is 4.15. The summed E-state index contributed by atoms with van der Waals surface area (Å²) in [4.78, 5) is 37.9. The average Bonchev–Trinajstić information content (AvgIpc) is 3.24. The maximum absolute atomic E-state index is 14.1. The van der Waals surface area contributed by atoms with Crippen LogP contribution in [0.15, 0.2) is 79.1 Å². The smallest absolute Gasteiger partial charge is 0.322 e. The van der Waals surface area contributed by atoms with E-state index in [4.69, 9.17) is 0 Å². The Hall–Kier alpha value is -5.13. The SMILES string of the molecule is Cn1cc(Nc2ncc3c(n2)N(c2cccc(NC(=O)/C=C/CF)c2)C(=O)N(Cc2ccccc2)C3)c(F)n1. The number of carbonyl (C=O) groups is 2. The Morgan fingerprint density at radius 3 is 2.72 bits per heavy atom. The van der Waals surface area contributed by atoms with Crippen molar-refractivity contribution in [3.8, 4) is 0 Å². The van der Waals surface area contributed by atoms with Crippen LogP contribution >= 0.6 is 0 Å². The maximum atomic E-state index is 14.1. The fourth-order valence-electron chi connectivity index (χ4n) is 4.15. The molecule has 198 valence electrons. The van der Waals surface area contributed by atoms with Crippen LogP contribution in [0.1, 0.15) is 11.1 Å². The monoisotopic (exact) mass is 530 g/mol. The van der Waals surface area contributed by atoms with E-state index in [1.54, 1.807) is 42.4 Å². The summed E-state index contributed by atoms with van der Waals surface area (Å²) in [6.45, 7) is -0.157. The standard InChI is InChI=1S/C27H24F2N8O2/c1-35-17-22(24(29)34-35)32-26-30-14-19-16-36(15-18-7-3-2-4-8-18)27(39)37(25(19)33-26)21-10-5-9-20(13-21)31-23(38)11-6-12-28/h2-11,13-14,17H,12,15-16H2,1H3,(H,31,38)(H,30,32,33)/b11-6+. The van der Waals surface area contributed by atoms with Gasteiger partial charge in [-0.3, -0.25) is 9.48 Å². The summed E-state index contributed by atoms with van der Waals surface area (Å²) in [5, 5.41) is 9.14. The van der Waals surface area contributed by atoms with Crippen LogP contribution in [0.2, 0.25) is 0 Å². The van der Waals surface area contributed by atoms with Gasteiger partial charge in [-0.05, 0) is 29.8 Å². The Morgan fingerprint density at radius 2 is 1.97 bits per heavy atom. The highest BCUT2D eigenvalue weighted by Crippen LogP contribution is 2.36. The summed E-state index contributed by atoms with van der Waals surface area (Å²) >= 11 is 0. The number of fused-ring (bicyclic) bond motifs is 1. The third kappa shape index (κ3) is 5.74. The summed E-state index contributed by atoms with van der Waals surface area (Å²) < 4.78 is 27.9. The summed E-state index contributed by atoms with van der Waals surface area (Å²) in [5.41, 5.74) is 2.54. The average molecular weight is 531 g/mol. The van der Waals surface area contributed by atoms with Crippen LogP contribution in [0.5, 0.6) is 0 Å². The largest absolute Gasteiger partial charge is 0.330 e. The molecule has 0 atom stereocenters. The number of nitrogens with zero attached hydrogens (tertiary/aromatic N) is 6. The molecular weight excluding hydrogens is 506 g/mol. The van der Waals surface area contributed by atoms with Crippen LogP contribution in [0.3, 0.4) is 0 Å². The highest BCUT2D eigenvalue weighted by Gasteiger charge is 2.33. The van der Waals surface area contributed by atoms with Crippen molar-refractivity contribution < 1.29 is 18.4 Å². The van der Waals surface area contributed by atoms with Gasteiger partial charge in [0.25, 0.3) is 5.95 Å². The minimum Gasteiger partial charge on any atom is -0.322 e. The summed E-state index contributed by atoms with van der Waals surface area (Å²) in [6, 6.07) is 15.9. The molecule has 0 aliphatic carbocycles. The molecule has 39 heavy (non-hydrogen) atoms. The molecule has 0 saturated heterocycles. The molecule has 1 aliphatic rings. The predicted octanol–water partition coefficient (Wildman–Crippen LogP) is 4.83. The van der Waals surface area contributed by atoms with Gasteiger partial charge in [0, 0.05) is 37.1 Å². The lowest BCUT2D eigenvalue weighted by Gasteiger charge is -2.36. The van der Waals surface area contributed by atoms with Crippen LogP contribution in [0.4, 0.5) is 42.4 Å². The van der Waals surface area contributed by atoms with E-state index >= 15 is 0 Å². The van der Waals surface area contributed by atoms with Gasteiger partial charge in [0.05, 0.1) is 18.4 Å². The Morgan fingerprint density at radius 1 is 1.15 bits per heavy atom. The van der Waals surface area contributed by atoms with Gasteiger partial charge >= 0.3 is 6.03 Å². The summed E-state index contributed by atoms with van der Waals surface area (Å²) in [5.74, 6) is -0.832. The van der Waals surface area contributed by atoms with Gasteiger partial charge < -0.3 is 15.5 Å². The third-order valence-corrected chi connectivity index (χ3v) is 5.85. The number of halogens is 2. The number of alkyl halides is 1. The molecule has 0 saturated carbocycles. The fraction of sp³-hybridized carbons (Fsp3) is 0.148. The van der Waals surface area contributed by atoms with Crippen molar-refractivity contribution in [3.63, 3.8) is 0 Å². The molecule has 2 N–H and O–H groups in total. The van der Waals surface area contributed by atoms with Crippen molar-refractivity contribution >= 4 is 40.8 Å². The number of benzene rings is 2. The highest BCUT2D eigenvalue weighted by molar-refractivity contribution is 6.03. The zero-order chi connectivity index (χ0) is 27.4. The minimum atomic E-state index is -0.761. The van der Waals surface area contributed by atoms with E-state index in [1.807, 2.05) is 30.3 Å². The molecular formula is C27H24F2N8O2. The van der Waals surface area contributed by atoms with Crippen molar-refractivity contribution in [2.75, 3.05) is 22.2 Å². The van der Waals surface area contributed by atoms with Crippen molar-refractivity contribution in [1.82, 2.24) is 24.6 Å². The van der Waals surface area contributed by atoms with Crippen molar-refractivity contribution in [2.24, 2.45) is 7.05 Å². The molecule has 0 unspecified atom stereocenters. The number of rotatable bonds is 8. The van der Waals surface area contributed by atoms with Gasteiger partial charge in [0.2, 0.25) is 11.9 Å². The topological polar surface area (TPSA) is 108 Å². The number of hydrogen-bond donors (Lipinski definition) is 2. The second-order valence-corrected chi connectivity index (χ2v) is 8.73. The van der Waals surface area contributed by atoms with E-state index < -0.39 is 18.5 Å². The molecule has 0 spiro atoms. The molecule has 3 heterocycles. The molecule has 1 aliphatic heterocycles. The van der Waals surface area contributed by atoms with Crippen molar-refractivity contribution in [3.05, 3.63) is 96.2 Å². The van der Waals surface area contributed by atoms with Gasteiger partial charge in [-0.25, -0.2) is 19.1 Å². The van der Waals surface area contributed by atoms with E-state index in [-0.39, 0.29) is 24.2 Å². The number of hydrogen-bond acceptors (Lipinski definition) is 6. The Balaban J connectivity index is 1.52. The lowest BCUT2D eigenvalue weighted by molar-refractivity contribution is -0.111. The van der Waals surface area contributed by atoms with Gasteiger partial charge in [-0.15, -0.1) is 5.10 Å². The Kier molecular flexibility index (Phi) is 7.26. The van der Waals surface area contributed by atoms with Gasteiger partial charge in [-0.2, -0.15) is 9.37 Å². The zero-order valence-corrected chi connectivity index (χ0v) is 20.9. The van der Waals surface area contributed by atoms with E-state index in [0.717, 1.165) is 17.7 Å². The number of nitrogens with one attached hydrogen (secondary N) is 2. The van der Waals surface area contributed by atoms with Gasteiger partial charge in [-0.1, -0.05) is 36.4 Å². The zero-order valence-electron chi connectivity index (χ0n) is 20.9. The molecule has 0 bridgehead atoms. The molecule has 0 radical (unpaired) electrons. The van der Waals surface area contributed by atoms with Crippen molar-refractivity contribution in [2.45, 2.75) is 13.1 Å². The lowest BCUT2D eigenvalue weighted by Crippen LogP contribution is -2.45. The first-order chi connectivity index (χ1) is 18.9. The highest BCUT2D eigenvalue weighted by atomic mass is 19.1. The van der Waals surface area contributed by atoms with Crippen molar-refractivity contribution in [1.29, 1.82) is 0 Å². The number of allylic oxidation sites excluding steroid dienone is 1. The molecule has 3 amide bonds. The first-order valence-corrected chi connectivity index (χ1v) is 12.0. The van der Waals surface area contributed by atoms with Crippen LogP contribution in [-0.4, -0.2) is 43.3 Å². The van der Waals surface area contributed by atoms with Crippen LogP contribution in [0.25, 0.3) is 0 Å². The van der Waals surface area contributed by atoms with Gasteiger partial charge in [0.15, 0.2) is 5.82 Å². The summed E-state index contributed by atoms with van der Waals surface area (Å²) in [6.07, 6.45) is 5.23. The quantitative estimate of drug-likeness (QED) is 0.316. The third-order valence-electron chi connectivity index (χ3n) is 5.85. The number of aryl methyl sites for hydroxylation is 1. The van der Waals surface area contributed by atoms with Crippen LogP contribution in [-0.2, 0) is 24.9 Å². The maximum Gasteiger partial charge on any atom is 0.330 e. The van der Waals surface area contributed by atoms with E-state index in [0.29, 0.717) is 29.3 Å². The predicted molar refractivity (Wildman–Crippen MR) is 142 cm³/mol. The minimum absolute atomic E-state index is 0.0794. The molecule has 12 heteroatoms. The first kappa shape index (κ1) is 25.5. The molecule has 5 rings (SSSR count). The Bertz CT molecular complexity index is 1540. The second kappa shape index (κ2) is 11.1. The normalized spacial score (nSPS) is 13.1. The summed E-state index contributed by atoms with van der Waals surface area (Å²) in [7, 11) is 1.59. The number of anilines is 5. The number of urea groups is 1. The van der Waals surface area contributed by atoms with Gasteiger partial charge in [0.1, 0.15) is 12.4 Å². The molecule has 10 nitrogen and oxygen atoms in total.